The maximum absolute atomic E-state index is 12.7. The molecular weight excluding hydrogens is 360 g/mol. The molecule has 1 fully saturated rings. The van der Waals surface area contributed by atoms with E-state index in [1.54, 1.807) is 30.2 Å². The largest absolute Gasteiger partial charge is 0.497 e. The maximum Gasteiger partial charge on any atom is 0.232 e. The Morgan fingerprint density at radius 1 is 1.21 bits per heavy atom. The molecule has 3 aromatic rings. The van der Waals surface area contributed by atoms with Crippen LogP contribution >= 0.6 is 0 Å². The van der Waals surface area contributed by atoms with Crippen LogP contribution in [0.25, 0.3) is 11.0 Å². The summed E-state index contributed by atoms with van der Waals surface area (Å²) in [4.78, 5) is 34.2. The normalized spacial score (nSPS) is 16.4. The quantitative estimate of drug-likeness (QED) is 0.709. The predicted molar refractivity (Wildman–Crippen MR) is 105 cm³/mol. The highest BCUT2D eigenvalue weighted by molar-refractivity contribution is 6.04. The minimum absolute atomic E-state index is 0.117. The number of para-hydroxylation sites is 2. The van der Waals surface area contributed by atoms with Gasteiger partial charge >= 0.3 is 0 Å². The summed E-state index contributed by atoms with van der Waals surface area (Å²) in [5.41, 5.74) is 2.19. The smallest absolute Gasteiger partial charge is 0.232 e. The third-order valence-electron chi connectivity index (χ3n) is 4.80. The molecule has 0 saturated carbocycles. The van der Waals surface area contributed by atoms with Crippen LogP contribution in [0.15, 0.2) is 42.5 Å². The number of fused-ring (bicyclic) bond motifs is 1. The number of imidazole rings is 1. The zero-order valence-corrected chi connectivity index (χ0v) is 15.6. The van der Waals surface area contributed by atoms with Gasteiger partial charge in [0.15, 0.2) is 0 Å². The first-order chi connectivity index (χ1) is 13.6. The van der Waals surface area contributed by atoms with Crippen molar-refractivity contribution in [2.75, 3.05) is 31.0 Å². The minimum atomic E-state index is -0.489. The monoisotopic (exact) mass is 380 g/mol. The number of carbonyl (C=O) groups excluding carboxylic acids is 2. The number of rotatable bonds is 5. The molecule has 1 aliphatic rings. The third kappa shape index (κ3) is 3.24. The van der Waals surface area contributed by atoms with Crippen molar-refractivity contribution in [3.8, 4) is 11.5 Å². The van der Waals surface area contributed by atoms with E-state index in [9.17, 15) is 9.59 Å². The number of methoxy groups -OCH3 is 2. The average Bonchev–Trinajstić information content (AvgIpc) is 3.30. The molecule has 0 bridgehead atoms. The van der Waals surface area contributed by atoms with Crippen LogP contribution in [0, 0.1) is 5.92 Å². The molecule has 1 atom stereocenters. The lowest BCUT2D eigenvalue weighted by Crippen LogP contribution is -2.28. The Kier molecular flexibility index (Phi) is 4.60. The van der Waals surface area contributed by atoms with Crippen molar-refractivity contribution in [2.45, 2.75) is 6.42 Å². The molecule has 0 spiro atoms. The van der Waals surface area contributed by atoms with Crippen LogP contribution in [0.1, 0.15) is 6.42 Å². The number of aromatic amines is 1. The third-order valence-corrected chi connectivity index (χ3v) is 4.80. The van der Waals surface area contributed by atoms with Gasteiger partial charge < -0.3 is 19.4 Å². The van der Waals surface area contributed by atoms with E-state index in [0.717, 1.165) is 11.0 Å². The highest BCUT2D eigenvalue weighted by Crippen LogP contribution is 2.36. The first-order valence-corrected chi connectivity index (χ1v) is 8.87. The molecule has 4 rings (SSSR count). The molecule has 1 aromatic heterocycles. The summed E-state index contributed by atoms with van der Waals surface area (Å²) >= 11 is 0. The maximum atomic E-state index is 12.7. The number of benzene rings is 2. The van der Waals surface area contributed by atoms with Crippen molar-refractivity contribution in [1.29, 1.82) is 0 Å². The Morgan fingerprint density at radius 3 is 2.79 bits per heavy atom. The molecule has 2 N–H and O–H groups in total. The van der Waals surface area contributed by atoms with Crippen molar-refractivity contribution in [1.82, 2.24) is 9.97 Å². The molecular formula is C20H20N4O4. The lowest BCUT2D eigenvalue weighted by Gasteiger charge is -2.20. The fourth-order valence-electron chi connectivity index (χ4n) is 3.35. The molecule has 2 heterocycles. The van der Waals surface area contributed by atoms with Gasteiger partial charge in [-0.3, -0.25) is 14.9 Å². The molecule has 2 amide bonds. The topological polar surface area (TPSA) is 96.6 Å². The lowest BCUT2D eigenvalue weighted by molar-refractivity contribution is -0.122. The van der Waals surface area contributed by atoms with Crippen LogP contribution < -0.4 is 19.7 Å². The number of amides is 2. The van der Waals surface area contributed by atoms with Gasteiger partial charge in [0, 0.05) is 19.0 Å². The number of hydrogen-bond acceptors (Lipinski definition) is 5. The van der Waals surface area contributed by atoms with Gasteiger partial charge in [0.2, 0.25) is 17.8 Å². The van der Waals surface area contributed by atoms with Crippen LogP contribution in [0.5, 0.6) is 11.5 Å². The van der Waals surface area contributed by atoms with Gasteiger partial charge in [0.25, 0.3) is 0 Å². The molecule has 1 saturated heterocycles. The van der Waals surface area contributed by atoms with Crippen molar-refractivity contribution < 1.29 is 19.1 Å². The second-order valence-corrected chi connectivity index (χ2v) is 6.53. The van der Waals surface area contributed by atoms with Gasteiger partial charge in [-0.15, -0.1) is 0 Å². The number of aromatic nitrogens is 2. The highest BCUT2D eigenvalue weighted by Gasteiger charge is 2.36. The lowest BCUT2D eigenvalue weighted by atomic mass is 10.1. The number of anilines is 2. The first kappa shape index (κ1) is 17.8. The van der Waals surface area contributed by atoms with Crippen LogP contribution in [0.4, 0.5) is 11.6 Å². The van der Waals surface area contributed by atoms with E-state index in [0.29, 0.717) is 23.1 Å². The van der Waals surface area contributed by atoms with E-state index in [-0.39, 0.29) is 24.8 Å². The number of hydrogen-bond donors (Lipinski definition) is 2. The predicted octanol–water partition coefficient (Wildman–Crippen LogP) is 2.57. The van der Waals surface area contributed by atoms with Crippen molar-refractivity contribution in [2.24, 2.45) is 5.92 Å². The summed E-state index contributed by atoms with van der Waals surface area (Å²) in [6.07, 6.45) is 0.117. The van der Waals surface area contributed by atoms with Gasteiger partial charge in [0.1, 0.15) is 11.5 Å². The van der Waals surface area contributed by atoms with Gasteiger partial charge in [-0.25, -0.2) is 4.98 Å². The average molecular weight is 380 g/mol. The van der Waals surface area contributed by atoms with Gasteiger partial charge in [-0.1, -0.05) is 12.1 Å². The first-order valence-electron chi connectivity index (χ1n) is 8.87. The molecule has 28 heavy (non-hydrogen) atoms. The Labute approximate surface area is 161 Å². The second-order valence-electron chi connectivity index (χ2n) is 6.53. The zero-order chi connectivity index (χ0) is 19.7. The standard InChI is InChI=1S/C20H20N4O4/c1-27-13-7-8-17(28-2)16(10-13)24-11-12(9-18(24)25)19(26)23-20-21-14-5-3-4-6-15(14)22-20/h3-8,10,12H,9,11H2,1-2H3,(H2,21,22,23,26)/t12-/m0/s1. The van der Waals surface area contributed by atoms with Crippen LogP contribution in [-0.2, 0) is 9.59 Å². The Morgan fingerprint density at radius 2 is 2.04 bits per heavy atom. The van der Waals surface area contributed by atoms with Crippen molar-refractivity contribution >= 4 is 34.5 Å². The van der Waals surface area contributed by atoms with E-state index in [1.807, 2.05) is 24.3 Å². The Hall–Kier alpha value is -3.55. The summed E-state index contributed by atoms with van der Waals surface area (Å²) < 4.78 is 10.6. The van der Waals surface area contributed by atoms with E-state index < -0.39 is 5.92 Å². The zero-order valence-electron chi connectivity index (χ0n) is 15.6. The number of nitrogens with zero attached hydrogens (tertiary/aromatic N) is 2. The molecule has 1 aliphatic heterocycles. The fourth-order valence-corrected chi connectivity index (χ4v) is 3.35. The summed E-state index contributed by atoms with van der Waals surface area (Å²) in [5.74, 6) is 0.645. The van der Waals surface area contributed by atoms with Gasteiger partial charge in [-0.2, -0.15) is 0 Å². The summed E-state index contributed by atoms with van der Waals surface area (Å²) in [7, 11) is 3.10. The fraction of sp³-hybridized carbons (Fsp3) is 0.250. The van der Waals surface area contributed by atoms with Crippen LogP contribution in [-0.4, -0.2) is 42.5 Å². The van der Waals surface area contributed by atoms with Crippen molar-refractivity contribution in [3.05, 3.63) is 42.5 Å². The van der Waals surface area contributed by atoms with Gasteiger partial charge in [0.05, 0.1) is 36.9 Å². The van der Waals surface area contributed by atoms with E-state index in [1.165, 1.54) is 7.11 Å². The molecule has 8 nitrogen and oxygen atoms in total. The number of H-pyrrole nitrogens is 1. The number of nitrogens with one attached hydrogen (secondary N) is 2. The Balaban J connectivity index is 1.52. The molecule has 2 aromatic carbocycles. The summed E-state index contributed by atoms with van der Waals surface area (Å²) in [6, 6.07) is 12.7. The van der Waals surface area contributed by atoms with E-state index >= 15 is 0 Å². The van der Waals surface area contributed by atoms with Crippen LogP contribution in [0.2, 0.25) is 0 Å². The van der Waals surface area contributed by atoms with Crippen molar-refractivity contribution in [3.63, 3.8) is 0 Å². The summed E-state index contributed by atoms with van der Waals surface area (Å²) in [5, 5.41) is 2.78. The van der Waals surface area contributed by atoms with Crippen LogP contribution in [0.3, 0.4) is 0 Å². The number of ether oxygens (including phenoxy) is 2. The van der Waals surface area contributed by atoms with E-state index in [4.69, 9.17) is 9.47 Å². The molecule has 0 aliphatic carbocycles. The van der Waals surface area contributed by atoms with E-state index in [2.05, 4.69) is 15.3 Å². The minimum Gasteiger partial charge on any atom is -0.497 e. The van der Waals surface area contributed by atoms with Gasteiger partial charge in [-0.05, 0) is 24.3 Å². The second kappa shape index (κ2) is 7.22. The Bertz CT molecular complexity index is 1010. The number of carbonyl (C=O) groups is 2. The molecule has 144 valence electrons. The SMILES string of the molecule is COc1ccc(OC)c(N2C[C@@H](C(=O)Nc3nc4ccccc4[nH]3)CC2=O)c1. The molecule has 0 unspecified atom stereocenters. The highest BCUT2D eigenvalue weighted by atomic mass is 16.5. The molecule has 8 heteroatoms. The summed E-state index contributed by atoms with van der Waals surface area (Å²) in [6.45, 7) is 0.258. The molecule has 0 radical (unpaired) electrons.